The average molecular weight is 405 g/mol. The highest BCUT2D eigenvalue weighted by atomic mass is 15.3. The number of H-pyrrole nitrogens is 1. The summed E-state index contributed by atoms with van der Waals surface area (Å²) in [7, 11) is 2.18. The van der Waals surface area contributed by atoms with Crippen LogP contribution in [0.2, 0.25) is 0 Å². The molecule has 0 aromatic carbocycles. The van der Waals surface area contributed by atoms with Crippen LogP contribution in [0.3, 0.4) is 0 Å². The predicted molar refractivity (Wildman–Crippen MR) is 116 cm³/mol. The zero-order valence-corrected chi connectivity index (χ0v) is 18.0. The van der Waals surface area contributed by atoms with E-state index in [-0.39, 0.29) is 0 Å². The normalized spacial score (nSPS) is 16.2. The van der Waals surface area contributed by atoms with E-state index in [1.54, 1.807) is 6.33 Å². The molecular weight excluding hydrogens is 376 g/mol. The van der Waals surface area contributed by atoms with Crippen LogP contribution >= 0.6 is 0 Å². The lowest BCUT2D eigenvalue weighted by Crippen LogP contribution is -2.31. The van der Waals surface area contributed by atoms with Crippen LogP contribution in [0.1, 0.15) is 49.8 Å². The van der Waals surface area contributed by atoms with Gasteiger partial charge in [0, 0.05) is 29.1 Å². The lowest BCUT2D eigenvalue weighted by atomic mass is 9.95. The van der Waals surface area contributed by atoms with Crippen molar-refractivity contribution in [1.29, 1.82) is 0 Å². The second kappa shape index (κ2) is 7.36. The molecule has 0 amide bonds. The van der Waals surface area contributed by atoms with Crippen LogP contribution in [0.15, 0.2) is 31.0 Å². The quantitative estimate of drug-likeness (QED) is 0.561. The van der Waals surface area contributed by atoms with Crippen molar-refractivity contribution in [2.24, 2.45) is 0 Å². The minimum atomic E-state index is 0.312. The Morgan fingerprint density at radius 2 is 1.90 bits per heavy atom. The number of fused-ring (bicyclic) bond motifs is 1. The molecule has 5 heterocycles. The number of nitrogens with zero attached hydrogens (tertiary/aromatic N) is 7. The molecule has 0 radical (unpaired) electrons. The highest BCUT2D eigenvalue weighted by molar-refractivity contribution is 5.75. The van der Waals surface area contributed by atoms with Gasteiger partial charge < -0.3 is 4.90 Å². The Hall–Kier alpha value is -3.00. The van der Waals surface area contributed by atoms with Crippen molar-refractivity contribution in [2.75, 3.05) is 20.1 Å². The maximum atomic E-state index is 4.72. The number of hydrogen-bond donors (Lipinski definition) is 1. The first-order valence-electron chi connectivity index (χ1n) is 10.6. The van der Waals surface area contributed by atoms with E-state index in [2.05, 4.69) is 64.8 Å². The second-order valence-corrected chi connectivity index (χ2v) is 8.70. The molecule has 1 fully saturated rings. The molecule has 0 aliphatic carbocycles. The lowest BCUT2D eigenvalue weighted by molar-refractivity contribution is 0.212. The van der Waals surface area contributed by atoms with Crippen molar-refractivity contribution in [1.82, 2.24) is 39.5 Å². The third-order valence-electron chi connectivity index (χ3n) is 6.17. The number of aromatic nitrogens is 7. The number of rotatable bonds is 4. The molecule has 1 saturated heterocycles. The van der Waals surface area contributed by atoms with Gasteiger partial charge in [0.25, 0.3) is 0 Å². The van der Waals surface area contributed by atoms with Gasteiger partial charge in [0.1, 0.15) is 6.33 Å². The number of pyridine rings is 1. The molecule has 156 valence electrons. The Balaban J connectivity index is 1.53. The zero-order valence-electron chi connectivity index (χ0n) is 18.0. The van der Waals surface area contributed by atoms with Gasteiger partial charge in [-0.15, -0.1) is 0 Å². The summed E-state index contributed by atoms with van der Waals surface area (Å²) < 4.78 is 3.96. The molecule has 8 heteroatoms. The summed E-state index contributed by atoms with van der Waals surface area (Å²) >= 11 is 0. The minimum Gasteiger partial charge on any atom is -0.306 e. The number of aryl methyl sites for hydroxylation is 1. The van der Waals surface area contributed by atoms with E-state index in [0.29, 0.717) is 12.0 Å². The van der Waals surface area contributed by atoms with Crippen molar-refractivity contribution in [2.45, 2.75) is 45.6 Å². The van der Waals surface area contributed by atoms with Crippen LogP contribution in [0.5, 0.6) is 0 Å². The van der Waals surface area contributed by atoms with E-state index < -0.39 is 0 Å². The summed E-state index contributed by atoms with van der Waals surface area (Å²) in [5, 5.41) is 17.0. The zero-order chi connectivity index (χ0) is 20.8. The Kier molecular flexibility index (Phi) is 4.66. The van der Waals surface area contributed by atoms with Crippen LogP contribution in [0, 0.1) is 6.92 Å². The number of aromatic amines is 1. The van der Waals surface area contributed by atoms with E-state index in [1.807, 2.05) is 16.9 Å². The Labute approximate surface area is 175 Å². The molecule has 1 N–H and O–H groups in total. The summed E-state index contributed by atoms with van der Waals surface area (Å²) in [6.45, 7) is 8.72. The molecule has 0 unspecified atom stereocenters. The summed E-state index contributed by atoms with van der Waals surface area (Å²) in [6, 6.07) is 2.61. The SMILES string of the molecule is Cc1cc(-c2[nH]nc(-c3cnn(C4CCN(C)CC4)c3)c2C(C)C)cn2ncnc12. The number of hydrogen-bond acceptors (Lipinski definition) is 5. The molecule has 0 bridgehead atoms. The Bertz CT molecular complexity index is 1170. The lowest BCUT2D eigenvalue weighted by Gasteiger charge is -2.28. The van der Waals surface area contributed by atoms with Gasteiger partial charge in [-0.25, -0.2) is 9.50 Å². The van der Waals surface area contributed by atoms with Crippen LogP contribution in [-0.2, 0) is 0 Å². The van der Waals surface area contributed by atoms with Crippen LogP contribution in [0.25, 0.3) is 28.2 Å². The van der Waals surface area contributed by atoms with Crippen LogP contribution in [-0.4, -0.2) is 59.6 Å². The number of likely N-dealkylation sites (tertiary alicyclic amines) is 1. The fraction of sp³-hybridized carbons (Fsp3) is 0.455. The highest BCUT2D eigenvalue weighted by Crippen LogP contribution is 2.36. The van der Waals surface area contributed by atoms with Gasteiger partial charge in [-0.05, 0) is 57.5 Å². The molecular formula is C22H28N8. The molecule has 30 heavy (non-hydrogen) atoms. The summed E-state index contributed by atoms with van der Waals surface area (Å²) in [4.78, 5) is 6.71. The Morgan fingerprint density at radius 3 is 2.67 bits per heavy atom. The maximum Gasteiger partial charge on any atom is 0.158 e. The monoisotopic (exact) mass is 404 g/mol. The van der Waals surface area contributed by atoms with Gasteiger partial charge in [-0.2, -0.15) is 15.3 Å². The maximum absolute atomic E-state index is 4.72. The van der Waals surface area contributed by atoms with Crippen molar-refractivity contribution in [3.8, 4) is 22.5 Å². The third-order valence-corrected chi connectivity index (χ3v) is 6.17. The van der Waals surface area contributed by atoms with E-state index in [1.165, 1.54) is 5.56 Å². The van der Waals surface area contributed by atoms with Crippen molar-refractivity contribution < 1.29 is 0 Å². The first-order chi connectivity index (χ1) is 14.5. The first-order valence-corrected chi connectivity index (χ1v) is 10.6. The van der Waals surface area contributed by atoms with E-state index >= 15 is 0 Å². The van der Waals surface area contributed by atoms with Gasteiger partial charge in [-0.1, -0.05) is 13.8 Å². The fourth-order valence-electron chi connectivity index (χ4n) is 4.50. The third kappa shape index (κ3) is 3.21. The first kappa shape index (κ1) is 19.0. The summed E-state index contributed by atoms with van der Waals surface area (Å²) in [6.07, 6.45) is 9.99. The molecule has 0 spiro atoms. The molecule has 1 aliphatic heterocycles. The van der Waals surface area contributed by atoms with Crippen LogP contribution < -0.4 is 0 Å². The Morgan fingerprint density at radius 1 is 1.10 bits per heavy atom. The molecule has 5 rings (SSSR count). The second-order valence-electron chi connectivity index (χ2n) is 8.70. The van der Waals surface area contributed by atoms with Gasteiger partial charge in [0.15, 0.2) is 5.65 Å². The van der Waals surface area contributed by atoms with Gasteiger partial charge in [0.05, 0.1) is 23.6 Å². The van der Waals surface area contributed by atoms with Crippen molar-refractivity contribution in [3.63, 3.8) is 0 Å². The number of piperidine rings is 1. The molecule has 1 aliphatic rings. The largest absolute Gasteiger partial charge is 0.306 e. The van der Waals surface area contributed by atoms with Gasteiger partial charge >= 0.3 is 0 Å². The number of nitrogens with one attached hydrogen (secondary N) is 1. The highest BCUT2D eigenvalue weighted by Gasteiger charge is 2.23. The van der Waals surface area contributed by atoms with Gasteiger partial charge in [0.2, 0.25) is 0 Å². The van der Waals surface area contributed by atoms with Crippen molar-refractivity contribution in [3.05, 3.63) is 42.1 Å². The minimum absolute atomic E-state index is 0.312. The molecule has 8 nitrogen and oxygen atoms in total. The van der Waals surface area contributed by atoms with E-state index in [9.17, 15) is 0 Å². The van der Waals surface area contributed by atoms with E-state index in [4.69, 9.17) is 10.2 Å². The average Bonchev–Trinajstić information content (AvgIpc) is 3.46. The topological polar surface area (TPSA) is 79.9 Å². The van der Waals surface area contributed by atoms with Gasteiger partial charge in [-0.3, -0.25) is 9.78 Å². The standard InChI is InChI=1S/C22H28N8/c1-14(2)19-20(16-9-15(3)22-23-13-25-30(22)11-16)26-27-21(19)17-10-24-29(12-17)18-5-7-28(4)8-6-18/h9-14,18H,5-8H2,1-4H3,(H,26,27). The molecule has 4 aromatic heterocycles. The van der Waals surface area contributed by atoms with Crippen molar-refractivity contribution >= 4 is 5.65 Å². The predicted octanol–water partition coefficient (Wildman–Crippen LogP) is 3.68. The smallest absolute Gasteiger partial charge is 0.158 e. The van der Waals surface area contributed by atoms with E-state index in [0.717, 1.165) is 59.7 Å². The fourth-order valence-corrected chi connectivity index (χ4v) is 4.50. The summed E-state index contributed by atoms with van der Waals surface area (Å²) in [5.41, 5.74) is 7.32. The summed E-state index contributed by atoms with van der Waals surface area (Å²) in [5.74, 6) is 0.312. The van der Waals surface area contributed by atoms with Crippen LogP contribution in [0.4, 0.5) is 0 Å². The molecule has 0 atom stereocenters. The molecule has 0 saturated carbocycles. The molecule has 4 aromatic rings.